The fourth-order valence-corrected chi connectivity index (χ4v) is 5.63. The Morgan fingerprint density at radius 2 is 1.87 bits per heavy atom. The standard InChI is InChI=1S/C22H35N3O5S/c1-17-13-18(2)16-24(15-17)8-4-7-23-31(27,28)19-5-6-21(29-3)20(14-19)22(26)25-9-11-30-12-10-25/h5-6,14,17-18,23H,4,7-13,15-16H2,1-3H3/t17-,18-/m0/s1. The molecule has 174 valence electrons. The minimum Gasteiger partial charge on any atom is -0.496 e. The van der Waals surface area contributed by atoms with Gasteiger partial charge >= 0.3 is 0 Å². The van der Waals surface area contributed by atoms with Crippen LogP contribution in [0.1, 0.15) is 37.0 Å². The quantitative estimate of drug-likeness (QED) is 0.604. The van der Waals surface area contributed by atoms with Crippen LogP contribution in [0, 0.1) is 11.8 Å². The summed E-state index contributed by atoms with van der Waals surface area (Å²) in [5.41, 5.74) is 0.253. The van der Waals surface area contributed by atoms with Gasteiger partial charge in [-0.05, 0) is 49.4 Å². The normalized spacial score (nSPS) is 23.0. The van der Waals surface area contributed by atoms with Gasteiger partial charge in [-0.15, -0.1) is 0 Å². The lowest BCUT2D eigenvalue weighted by molar-refractivity contribution is 0.0300. The SMILES string of the molecule is COc1ccc(S(=O)(=O)NCCCN2C[C@@H](C)C[C@H](C)C2)cc1C(=O)N1CCOCC1. The summed E-state index contributed by atoms with van der Waals surface area (Å²) in [6, 6.07) is 4.43. The summed E-state index contributed by atoms with van der Waals surface area (Å²) in [4.78, 5) is 17.1. The number of rotatable bonds is 8. The van der Waals surface area contributed by atoms with Crippen LogP contribution in [0.5, 0.6) is 5.75 Å². The lowest BCUT2D eigenvalue weighted by Gasteiger charge is -2.34. The van der Waals surface area contributed by atoms with Crippen LogP contribution in [0.25, 0.3) is 0 Å². The van der Waals surface area contributed by atoms with Gasteiger partial charge in [-0.3, -0.25) is 4.79 Å². The van der Waals surface area contributed by atoms with E-state index < -0.39 is 10.0 Å². The maximum absolute atomic E-state index is 12.9. The number of sulfonamides is 1. The molecule has 2 atom stereocenters. The van der Waals surface area contributed by atoms with Crippen molar-refractivity contribution in [3.8, 4) is 5.75 Å². The van der Waals surface area contributed by atoms with Crippen molar-refractivity contribution in [2.75, 3.05) is 59.6 Å². The number of nitrogens with one attached hydrogen (secondary N) is 1. The highest BCUT2D eigenvalue weighted by atomic mass is 32.2. The Kier molecular flexibility index (Phi) is 8.32. The van der Waals surface area contributed by atoms with E-state index in [9.17, 15) is 13.2 Å². The predicted octanol–water partition coefficient (Wildman–Crippen LogP) is 1.81. The average molecular weight is 454 g/mol. The summed E-state index contributed by atoms with van der Waals surface area (Å²) in [6.07, 6.45) is 2.00. The van der Waals surface area contributed by atoms with Gasteiger partial charge in [0.25, 0.3) is 5.91 Å². The lowest BCUT2D eigenvalue weighted by atomic mass is 9.92. The van der Waals surface area contributed by atoms with Gasteiger partial charge in [-0.1, -0.05) is 13.8 Å². The molecule has 1 amide bonds. The number of carbonyl (C=O) groups is 1. The first-order valence-corrected chi connectivity index (χ1v) is 12.6. The van der Waals surface area contributed by atoms with Crippen LogP contribution in [-0.4, -0.2) is 83.7 Å². The number of benzene rings is 1. The third-order valence-electron chi connectivity index (χ3n) is 5.90. The second-order valence-electron chi connectivity index (χ2n) is 8.72. The van der Waals surface area contributed by atoms with Crippen molar-refractivity contribution in [1.82, 2.24) is 14.5 Å². The zero-order chi connectivity index (χ0) is 22.4. The van der Waals surface area contributed by atoms with E-state index in [1.54, 1.807) is 11.0 Å². The number of nitrogens with zero attached hydrogens (tertiary/aromatic N) is 2. The monoisotopic (exact) mass is 453 g/mol. The molecular weight excluding hydrogens is 418 g/mol. The molecule has 0 unspecified atom stereocenters. The van der Waals surface area contributed by atoms with E-state index >= 15 is 0 Å². The zero-order valence-corrected chi connectivity index (χ0v) is 19.6. The Labute approximate surface area is 185 Å². The van der Waals surface area contributed by atoms with Gasteiger partial charge in [0, 0.05) is 32.7 Å². The second-order valence-corrected chi connectivity index (χ2v) is 10.5. The van der Waals surface area contributed by atoms with Gasteiger partial charge in [0.15, 0.2) is 0 Å². The fraction of sp³-hybridized carbons (Fsp3) is 0.682. The van der Waals surface area contributed by atoms with Crippen LogP contribution >= 0.6 is 0 Å². The molecule has 1 N–H and O–H groups in total. The van der Waals surface area contributed by atoms with Crippen LogP contribution in [0.4, 0.5) is 0 Å². The number of piperidine rings is 1. The van der Waals surface area contributed by atoms with Crippen LogP contribution in [0.15, 0.2) is 23.1 Å². The molecule has 0 aromatic heterocycles. The average Bonchev–Trinajstić information content (AvgIpc) is 2.75. The first-order valence-electron chi connectivity index (χ1n) is 11.1. The molecule has 0 saturated carbocycles. The Hall–Kier alpha value is -1.68. The molecule has 9 heteroatoms. The summed E-state index contributed by atoms with van der Waals surface area (Å²) in [5, 5.41) is 0. The molecule has 2 saturated heterocycles. The number of morpholine rings is 1. The zero-order valence-electron chi connectivity index (χ0n) is 18.8. The Balaban J connectivity index is 1.61. The van der Waals surface area contributed by atoms with E-state index in [4.69, 9.17) is 9.47 Å². The molecule has 0 radical (unpaired) electrons. The molecule has 2 fully saturated rings. The van der Waals surface area contributed by atoms with Crippen molar-refractivity contribution in [1.29, 1.82) is 0 Å². The van der Waals surface area contributed by atoms with E-state index in [-0.39, 0.29) is 16.4 Å². The molecular formula is C22H35N3O5S. The largest absolute Gasteiger partial charge is 0.496 e. The maximum Gasteiger partial charge on any atom is 0.257 e. The van der Waals surface area contributed by atoms with Crippen LogP contribution in [0.3, 0.4) is 0 Å². The fourth-order valence-electron chi connectivity index (χ4n) is 4.53. The van der Waals surface area contributed by atoms with E-state index in [0.717, 1.165) is 26.1 Å². The number of amides is 1. The Morgan fingerprint density at radius 1 is 1.19 bits per heavy atom. The molecule has 1 aromatic carbocycles. The summed E-state index contributed by atoms with van der Waals surface area (Å²) in [7, 11) is -2.24. The van der Waals surface area contributed by atoms with Crippen molar-refractivity contribution in [2.45, 2.75) is 31.6 Å². The van der Waals surface area contributed by atoms with Gasteiger partial charge < -0.3 is 19.3 Å². The van der Waals surface area contributed by atoms with Gasteiger partial charge in [-0.25, -0.2) is 13.1 Å². The van der Waals surface area contributed by atoms with Crippen molar-refractivity contribution in [2.24, 2.45) is 11.8 Å². The van der Waals surface area contributed by atoms with Crippen molar-refractivity contribution >= 4 is 15.9 Å². The first kappa shape index (κ1) is 24.0. The summed E-state index contributed by atoms with van der Waals surface area (Å²) in [6.45, 7) is 9.82. The molecule has 3 rings (SSSR count). The third-order valence-corrected chi connectivity index (χ3v) is 7.36. The Morgan fingerprint density at radius 3 is 2.52 bits per heavy atom. The van der Waals surface area contributed by atoms with Crippen molar-refractivity contribution in [3.63, 3.8) is 0 Å². The van der Waals surface area contributed by atoms with E-state index in [0.29, 0.717) is 50.4 Å². The first-order chi connectivity index (χ1) is 14.8. The topological polar surface area (TPSA) is 88.2 Å². The van der Waals surface area contributed by atoms with Crippen molar-refractivity contribution < 1.29 is 22.7 Å². The Bertz CT molecular complexity index is 845. The summed E-state index contributed by atoms with van der Waals surface area (Å²) in [5.74, 6) is 1.48. The second kappa shape index (κ2) is 10.8. The lowest BCUT2D eigenvalue weighted by Crippen LogP contribution is -2.41. The predicted molar refractivity (Wildman–Crippen MR) is 119 cm³/mol. The number of hydrogen-bond donors (Lipinski definition) is 1. The molecule has 1 aromatic rings. The van der Waals surface area contributed by atoms with E-state index in [2.05, 4.69) is 23.5 Å². The van der Waals surface area contributed by atoms with Crippen LogP contribution < -0.4 is 9.46 Å². The van der Waals surface area contributed by atoms with Crippen LogP contribution in [-0.2, 0) is 14.8 Å². The molecule has 31 heavy (non-hydrogen) atoms. The highest BCUT2D eigenvalue weighted by molar-refractivity contribution is 7.89. The van der Waals surface area contributed by atoms with E-state index in [1.165, 1.54) is 25.7 Å². The third kappa shape index (κ3) is 6.41. The molecule has 0 bridgehead atoms. The maximum atomic E-state index is 12.9. The van der Waals surface area contributed by atoms with Crippen molar-refractivity contribution in [3.05, 3.63) is 23.8 Å². The van der Waals surface area contributed by atoms with Gasteiger partial charge in [0.1, 0.15) is 5.75 Å². The van der Waals surface area contributed by atoms with Gasteiger partial charge in [0.2, 0.25) is 10.0 Å². The number of hydrogen-bond acceptors (Lipinski definition) is 6. The molecule has 8 nitrogen and oxygen atoms in total. The minimum absolute atomic E-state index is 0.0742. The summed E-state index contributed by atoms with van der Waals surface area (Å²) >= 11 is 0. The molecule has 2 aliphatic rings. The molecule has 2 heterocycles. The van der Waals surface area contributed by atoms with E-state index in [1.807, 2.05) is 0 Å². The molecule has 0 spiro atoms. The number of ether oxygens (including phenoxy) is 2. The van der Waals surface area contributed by atoms with Crippen LogP contribution in [0.2, 0.25) is 0 Å². The number of methoxy groups -OCH3 is 1. The highest BCUT2D eigenvalue weighted by Crippen LogP contribution is 2.25. The van der Waals surface area contributed by atoms with Gasteiger partial charge in [-0.2, -0.15) is 0 Å². The molecule has 2 aliphatic heterocycles. The number of likely N-dealkylation sites (tertiary alicyclic amines) is 1. The smallest absolute Gasteiger partial charge is 0.257 e. The summed E-state index contributed by atoms with van der Waals surface area (Å²) < 4.78 is 38.9. The highest BCUT2D eigenvalue weighted by Gasteiger charge is 2.25. The molecule has 0 aliphatic carbocycles. The number of carbonyl (C=O) groups excluding carboxylic acids is 1. The van der Waals surface area contributed by atoms with Gasteiger partial charge in [0.05, 0.1) is 30.8 Å². The minimum atomic E-state index is -3.72.